The Kier molecular flexibility index (Phi) is 5.57. The minimum atomic E-state index is 0. The Bertz CT molecular complexity index is 610. The molecule has 0 aliphatic carbocycles. The smallest absolute Gasteiger partial charge is 0.223 e. The number of hydrogen-bond acceptors (Lipinski definition) is 3. The number of amides is 1. The number of carbonyl (C=O) groups is 1. The Morgan fingerprint density at radius 1 is 1.36 bits per heavy atom. The number of aromatic nitrogens is 2. The number of carbonyl (C=O) groups excluding carboxylic acids is 1. The SMILES string of the molecule is CC(C(=O)NCc1ccn(-c2ccccc2)n1)C1CNC1.Cl. The van der Waals surface area contributed by atoms with E-state index in [1.807, 2.05) is 54.2 Å². The van der Waals surface area contributed by atoms with Gasteiger partial charge in [0.15, 0.2) is 0 Å². The maximum Gasteiger partial charge on any atom is 0.223 e. The molecule has 0 spiro atoms. The van der Waals surface area contributed by atoms with Crippen molar-refractivity contribution in [2.45, 2.75) is 13.5 Å². The fraction of sp³-hybridized carbons (Fsp3) is 0.375. The number of hydrogen-bond donors (Lipinski definition) is 2. The molecule has 1 aliphatic rings. The average Bonchev–Trinajstić information content (AvgIpc) is 2.92. The Labute approximate surface area is 136 Å². The van der Waals surface area contributed by atoms with Crippen LogP contribution in [0.15, 0.2) is 42.6 Å². The first-order valence-corrected chi connectivity index (χ1v) is 7.32. The molecule has 1 fully saturated rings. The number of benzene rings is 1. The topological polar surface area (TPSA) is 59.0 Å². The molecule has 0 radical (unpaired) electrons. The van der Waals surface area contributed by atoms with Gasteiger partial charge in [-0.1, -0.05) is 25.1 Å². The van der Waals surface area contributed by atoms with Crippen molar-refractivity contribution in [1.29, 1.82) is 0 Å². The number of nitrogens with zero attached hydrogens (tertiary/aromatic N) is 2. The Morgan fingerprint density at radius 3 is 2.73 bits per heavy atom. The minimum Gasteiger partial charge on any atom is -0.350 e. The van der Waals surface area contributed by atoms with Gasteiger partial charge in [-0.15, -0.1) is 12.4 Å². The Morgan fingerprint density at radius 2 is 2.09 bits per heavy atom. The molecule has 118 valence electrons. The lowest BCUT2D eigenvalue weighted by atomic mass is 9.88. The first-order valence-electron chi connectivity index (χ1n) is 7.32. The van der Waals surface area contributed by atoms with Gasteiger partial charge in [0.25, 0.3) is 0 Å². The fourth-order valence-electron chi connectivity index (χ4n) is 2.40. The summed E-state index contributed by atoms with van der Waals surface area (Å²) >= 11 is 0. The van der Waals surface area contributed by atoms with Gasteiger partial charge in [0, 0.05) is 12.1 Å². The van der Waals surface area contributed by atoms with Crippen LogP contribution in [0.25, 0.3) is 5.69 Å². The maximum atomic E-state index is 12.1. The third-order valence-corrected chi connectivity index (χ3v) is 4.04. The van der Waals surface area contributed by atoms with Crippen LogP contribution in [0.2, 0.25) is 0 Å². The van der Waals surface area contributed by atoms with E-state index in [1.165, 1.54) is 0 Å². The zero-order chi connectivity index (χ0) is 14.7. The lowest BCUT2D eigenvalue weighted by Gasteiger charge is -2.31. The fourth-order valence-corrected chi connectivity index (χ4v) is 2.40. The van der Waals surface area contributed by atoms with Crippen molar-refractivity contribution in [1.82, 2.24) is 20.4 Å². The second-order valence-electron chi connectivity index (χ2n) is 5.51. The van der Waals surface area contributed by atoms with Gasteiger partial charge >= 0.3 is 0 Å². The van der Waals surface area contributed by atoms with Crippen molar-refractivity contribution in [3.63, 3.8) is 0 Å². The lowest BCUT2D eigenvalue weighted by Crippen LogP contribution is -2.49. The zero-order valence-electron chi connectivity index (χ0n) is 12.5. The lowest BCUT2D eigenvalue weighted by molar-refractivity contribution is -0.126. The van der Waals surface area contributed by atoms with Crippen molar-refractivity contribution in [2.75, 3.05) is 13.1 Å². The molecule has 1 aliphatic heterocycles. The van der Waals surface area contributed by atoms with Gasteiger partial charge in [-0.05, 0) is 37.2 Å². The van der Waals surface area contributed by atoms with Crippen molar-refractivity contribution < 1.29 is 4.79 Å². The quantitative estimate of drug-likeness (QED) is 0.882. The van der Waals surface area contributed by atoms with E-state index in [0.29, 0.717) is 12.5 Å². The standard InChI is InChI=1S/C16H20N4O.ClH/c1-12(13-9-17-10-13)16(21)18-11-14-7-8-20(19-14)15-5-3-2-4-6-15;/h2-8,12-13,17H,9-11H2,1H3,(H,18,21);1H. The summed E-state index contributed by atoms with van der Waals surface area (Å²) in [5.74, 6) is 0.630. The van der Waals surface area contributed by atoms with Crippen LogP contribution in [0.1, 0.15) is 12.6 Å². The normalized spacial score (nSPS) is 15.5. The summed E-state index contributed by atoms with van der Waals surface area (Å²) < 4.78 is 1.82. The molecule has 1 amide bonds. The predicted molar refractivity (Wildman–Crippen MR) is 88.2 cm³/mol. The molecule has 2 aromatic rings. The molecule has 2 heterocycles. The summed E-state index contributed by atoms with van der Waals surface area (Å²) in [7, 11) is 0. The summed E-state index contributed by atoms with van der Waals surface area (Å²) in [6, 6.07) is 11.9. The Balaban J connectivity index is 0.00000176. The highest BCUT2D eigenvalue weighted by molar-refractivity contribution is 5.85. The second kappa shape index (κ2) is 7.42. The third-order valence-electron chi connectivity index (χ3n) is 4.04. The first-order chi connectivity index (χ1) is 10.2. The third kappa shape index (κ3) is 3.67. The average molecular weight is 321 g/mol. The largest absolute Gasteiger partial charge is 0.350 e. The van der Waals surface area contributed by atoms with Crippen LogP contribution in [0.3, 0.4) is 0 Å². The van der Waals surface area contributed by atoms with Crippen LogP contribution in [-0.2, 0) is 11.3 Å². The summed E-state index contributed by atoms with van der Waals surface area (Å²) in [5.41, 5.74) is 1.88. The highest BCUT2D eigenvalue weighted by Gasteiger charge is 2.28. The van der Waals surface area contributed by atoms with Gasteiger partial charge in [0.05, 0.1) is 17.9 Å². The molecule has 1 unspecified atom stereocenters. The molecule has 1 aromatic carbocycles. The van der Waals surface area contributed by atoms with E-state index >= 15 is 0 Å². The molecule has 5 nitrogen and oxygen atoms in total. The molecule has 0 bridgehead atoms. The van der Waals surface area contributed by atoms with Gasteiger partial charge in [-0.3, -0.25) is 4.79 Å². The van der Waals surface area contributed by atoms with E-state index in [9.17, 15) is 4.79 Å². The summed E-state index contributed by atoms with van der Waals surface area (Å²) in [5, 5.41) is 10.6. The van der Waals surface area contributed by atoms with Crippen LogP contribution in [-0.4, -0.2) is 28.8 Å². The van der Waals surface area contributed by atoms with Gasteiger partial charge in [-0.2, -0.15) is 5.10 Å². The van der Waals surface area contributed by atoms with E-state index < -0.39 is 0 Å². The summed E-state index contributed by atoms with van der Waals surface area (Å²) in [4.78, 5) is 12.1. The van der Waals surface area contributed by atoms with Crippen LogP contribution in [0, 0.1) is 11.8 Å². The molecular weight excluding hydrogens is 300 g/mol. The maximum absolute atomic E-state index is 12.1. The van der Waals surface area contributed by atoms with E-state index in [0.717, 1.165) is 24.5 Å². The summed E-state index contributed by atoms with van der Waals surface area (Å²) in [6.45, 7) is 4.35. The minimum absolute atomic E-state index is 0. The second-order valence-corrected chi connectivity index (χ2v) is 5.51. The van der Waals surface area contributed by atoms with Crippen LogP contribution >= 0.6 is 12.4 Å². The highest BCUT2D eigenvalue weighted by Crippen LogP contribution is 2.16. The number of rotatable bonds is 5. The molecular formula is C16H21ClN4O. The van der Waals surface area contributed by atoms with Crippen LogP contribution < -0.4 is 10.6 Å². The number of halogens is 1. The molecule has 1 atom stereocenters. The van der Waals surface area contributed by atoms with Crippen molar-refractivity contribution >= 4 is 18.3 Å². The molecule has 0 saturated carbocycles. The van der Waals surface area contributed by atoms with Crippen molar-refractivity contribution in [3.8, 4) is 5.69 Å². The van der Waals surface area contributed by atoms with Crippen LogP contribution in [0.4, 0.5) is 0 Å². The van der Waals surface area contributed by atoms with Gasteiger partial charge in [-0.25, -0.2) is 4.68 Å². The first kappa shape index (κ1) is 16.5. The van der Waals surface area contributed by atoms with Crippen molar-refractivity contribution in [2.24, 2.45) is 11.8 Å². The molecule has 1 aromatic heterocycles. The molecule has 22 heavy (non-hydrogen) atoms. The molecule has 2 N–H and O–H groups in total. The zero-order valence-corrected chi connectivity index (χ0v) is 13.3. The summed E-state index contributed by atoms with van der Waals surface area (Å²) in [6.07, 6.45) is 1.91. The Hall–Kier alpha value is -1.85. The molecule has 1 saturated heterocycles. The monoisotopic (exact) mass is 320 g/mol. The van der Waals surface area contributed by atoms with E-state index in [2.05, 4.69) is 15.7 Å². The molecule has 6 heteroatoms. The van der Waals surface area contributed by atoms with Crippen molar-refractivity contribution in [3.05, 3.63) is 48.3 Å². The number of para-hydroxylation sites is 1. The van der Waals surface area contributed by atoms with E-state index in [-0.39, 0.29) is 24.2 Å². The van der Waals surface area contributed by atoms with Gasteiger partial charge < -0.3 is 10.6 Å². The van der Waals surface area contributed by atoms with E-state index in [4.69, 9.17) is 0 Å². The van der Waals surface area contributed by atoms with Crippen LogP contribution in [0.5, 0.6) is 0 Å². The predicted octanol–water partition coefficient (Wildman–Crippen LogP) is 1.77. The van der Waals surface area contributed by atoms with Gasteiger partial charge in [0.2, 0.25) is 5.91 Å². The number of nitrogens with one attached hydrogen (secondary N) is 2. The highest BCUT2D eigenvalue weighted by atomic mass is 35.5. The molecule has 3 rings (SSSR count). The van der Waals surface area contributed by atoms with E-state index in [1.54, 1.807) is 0 Å². The van der Waals surface area contributed by atoms with Gasteiger partial charge in [0.1, 0.15) is 0 Å².